The summed E-state index contributed by atoms with van der Waals surface area (Å²) in [5.41, 5.74) is 1.55. The molecular formula is C13H15ClN2O. The van der Waals surface area contributed by atoms with Crippen LogP contribution in [0.3, 0.4) is 0 Å². The molecule has 4 heteroatoms. The van der Waals surface area contributed by atoms with Crippen molar-refractivity contribution < 1.29 is 4.79 Å². The summed E-state index contributed by atoms with van der Waals surface area (Å²) in [6.45, 7) is 5.37. The van der Waals surface area contributed by atoms with Crippen LogP contribution < -0.4 is 0 Å². The summed E-state index contributed by atoms with van der Waals surface area (Å²) in [6, 6.07) is 7.40. The van der Waals surface area contributed by atoms with Gasteiger partial charge in [-0.25, -0.2) is 0 Å². The normalized spacial score (nSPS) is 10.8. The predicted molar refractivity (Wildman–Crippen MR) is 70.6 cm³/mol. The van der Waals surface area contributed by atoms with Gasteiger partial charge >= 0.3 is 0 Å². The summed E-state index contributed by atoms with van der Waals surface area (Å²) >= 11 is 5.92. The maximum Gasteiger partial charge on any atom is 0.270 e. The quantitative estimate of drug-likeness (QED) is 0.892. The van der Waals surface area contributed by atoms with Gasteiger partial charge in [0.15, 0.2) is 0 Å². The van der Waals surface area contributed by atoms with Crippen LogP contribution in [-0.2, 0) is 0 Å². The Hall–Kier alpha value is -1.48. The molecule has 1 aromatic carbocycles. The first kappa shape index (κ1) is 12.0. The lowest BCUT2D eigenvalue weighted by atomic mass is 10.2. The van der Waals surface area contributed by atoms with E-state index in [1.807, 2.05) is 38.1 Å². The predicted octanol–water partition coefficient (Wildman–Crippen LogP) is 3.30. The summed E-state index contributed by atoms with van der Waals surface area (Å²) in [5.74, 6) is 0.0299. The van der Waals surface area contributed by atoms with E-state index in [0.29, 0.717) is 23.8 Å². The van der Waals surface area contributed by atoms with E-state index >= 15 is 0 Å². The molecule has 0 bridgehead atoms. The minimum Gasteiger partial charge on any atom is -0.351 e. The molecule has 0 saturated carbocycles. The smallest absolute Gasteiger partial charge is 0.270 e. The van der Waals surface area contributed by atoms with Crippen LogP contribution in [0.15, 0.2) is 24.3 Å². The van der Waals surface area contributed by atoms with Crippen LogP contribution in [0.25, 0.3) is 10.9 Å². The van der Waals surface area contributed by atoms with Gasteiger partial charge in [0.05, 0.1) is 0 Å². The van der Waals surface area contributed by atoms with E-state index in [2.05, 4.69) is 4.98 Å². The van der Waals surface area contributed by atoms with Gasteiger partial charge in [-0.15, -0.1) is 0 Å². The molecule has 0 radical (unpaired) electrons. The van der Waals surface area contributed by atoms with Gasteiger partial charge in [-0.3, -0.25) is 4.79 Å². The second-order valence-corrected chi connectivity index (χ2v) is 4.33. The summed E-state index contributed by atoms with van der Waals surface area (Å²) in [4.78, 5) is 17.0. The van der Waals surface area contributed by atoms with E-state index < -0.39 is 0 Å². The zero-order valence-electron chi connectivity index (χ0n) is 9.96. The molecule has 2 rings (SSSR count). The minimum atomic E-state index is 0.0299. The van der Waals surface area contributed by atoms with E-state index in [4.69, 9.17) is 11.6 Å². The van der Waals surface area contributed by atoms with Crippen LogP contribution in [-0.4, -0.2) is 28.9 Å². The SMILES string of the molecule is CCN(CC)C(=O)c1cc2cc(Cl)ccc2[nH]1. The molecule has 2 aromatic rings. The number of aromatic amines is 1. The Morgan fingerprint density at radius 3 is 2.65 bits per heavy atom. The van der Waals surface area contributed by atoms with Crippen molar-refractivity contribution in [3.63, 3.8) is 0 Å². The van der Waals surface area contributed by atoms with Crippen molar-refractivity contribution in [1.82, 2.24) is 9.88 Å². The number of benzene rings is 1. The lowest BCUT2D eigenvalue weighted by Gasteiger charge is -2.17. The Labute approximate surface area is 105 Å². The van der Waals surface area contributed by atoms with Gasteiger partial charge in [-0.05, 0) is 38.1 Å². The number of fused-ring (bicyclic) bond motifs is 1. The maximum atomic E-state index is 12.1. The maximum absolute atomic E-state index is 12.1. The van der Waals surface area contributed by atoms with Crippen molar-refractivity contribution in [2.24, 2.45) is 0 Å². The van der Waals surface area contributed by atoms with Gasteiger partial charge in [-0.2, -0.15) is 0 Å². The van der Waals surface area contributed by atoms with E-state index in [9.17, 15) is 4.79 Å². The molecular weight excluding hydrogens is 236 g/mol. The third-order valence-electron chi connectivity index (χ3n) is 2.86. The van der Waals surface area contributed by atoms with Gasteiger partial charge in [-0.1, -0.05) is 11.6 Å². The number of carbonyl (C=O) groups excluding carboxylic acids is 1. The number of H-pyrrole nitrogens is 1. The zero-order valence-corrected chi connectivity index (χ0v) is 10.7. The summed E-state index contributed by atoms with van der Waals surface area (Å²) < 4.78 is 0. The van der Waals surface area contributed by atoms with Crippen LogP contribution in [0, 0.1) is 0 Å². The second kappa shape index (κ2) is 4.80. The highest BCUT2D eigenvalue weighted by Gasteiger charge is 2.14. The average molecular weight is 251 g/mol. The number of hydrogen-bond acceptors (Lipinski definition) is 1. The van der Waals surface area contributed by atoms with Crippen LogP contribution in [0.1, 0.15) is 24.3 Å². The van der Waals surface area contributed by atoms with Gasteiger partial charge < -0.3 is 9.88 Å². The molecule has 0 saturated heterocycles. The van der Waals surface area contributed by atoms with Crippen LogP contribution in [0.4, 0.5) is 0 Å². The molecule has 0 spiro atoms. The first-order valence-corrected chi connectivity index (χ1v) is 6.11. The van der Waals surface area contributed by atoms with E-state index in [-0.39, 0.29) is 5.91 Å². The molecule has 0 aliphatic carbocycles. The number of carbonyl (C=O) groups is 1. The van der Waals surface area contributed by atoms with Gasteiger partial charge in [0.1, 0.15) is 5.69 Å². The molecule has 90 valence electrons. The minimum absolute atomic E-state index is 0.0299. The van der Waals surface area contributed by atoms with E-state index in [1.165, 1.54) is 0 Å². The summed E-state index contributed by atoms with van der Waals surface area (Å²) in [6.07, 6.45) is 0. The number of nitrogens with one attached hydrogen (secondary N) is 1. The molecule has 0 aliphatic heterocycles. The van der Waals surface area contributed by atoms with Crippen LogP contribution >= 0.6 is 11.6 Å². The van der Waals surface area contributed by atoms with Crippen LogP contribution in [0.5, 0.6) is 0 Å². The van der Waals surface area contributed by atoms with Crippen molar-refractivity contribution in [2.45, 2.75) is 13.8 Å². The third-order valence-corrected chi connectivity index (χ3v) is 3.10. The number of nitrogens with zero attached hydrogens (tertiary/aromatic N) is 1. The zero-order chi connectivity index (χ0) is 12.4. The Morgan fingerprint density at radius 2 is 2.00 bits per heavy atom. The fraction of sp³-hybridized carbons (Fsp3) is 0.308. The van der Waals surface area contributed by atoms with Crippen molar-refractivity contribution in [3.8, 4) is 0 Å². The standard InChI is InChI=1S/C13H15ClN2O/c1-3-16(4-2)13(17)12-8-9-7-10(14)5-6-11(9)15-12/h5-8,15H,3-4H2,1-2H3. The largest absolute Gasteiger partial charge is 0.351 e. The van der Waals surface area contributed by atoms with Gasteiger partial charge in [0.25, 0.3) is 5.91 Å². The Kier molecular flexibility index (Phi) is 3.38. The van der Waals surface area contributed by atoms with Gasteiger partial charge in [0, 0.05) is 29.0 Å². The molecule has 0 atom stereocenters. The van der Waals surface area contributed by atoms with Crippen molar-refractivity contribution in [3.05, 3.63) is 35.0 Å². The van der Waals surface area contributed by atoms with E-state index in [1.54, 1.807) is 4.90 Å². The number of halogens is 1. The topological polar surface area (TPSA) is 36.1 Å². The van der Waals surface area contributed by atoms with Crippen molar-refractivity contribution in [2.75, 3.05) is 13.1 Å². The molecule has 0 unspecified atom stereocenters. The fourth-order valence-electron chi connectivity index (χ4n) is 1.90. The highest BCUT2D eigenvalue weighted by atomic mass is 35.5. The molecule has 1 aromatic heterocycles. The number of aromatic nitrogens is 1. The fourth-order valence-corrected chi connectivity index (χ4v) is 2.08. The monoisotopic (exact) mass is 250 g/mol. The molecule has 0 fully saturated rings. The third kappa shape index (κ3) is 2.29. The molecule has 1 amide bonds. The second-order valence-electron chi connectivity index (χ2n) is 3.89. The summed E-state index contributed by atoms with van der Waals surface area (Å²) in [5, 5.41) is 1.64. The highest BCUT2D eigenvalue weighted by Crippen LogP contribution is 2.20. The van der Waals surface area contributed by atoms with Crippen molar-refractivity contribution >= 4 is 28.4 Å². The Bertz CT molecular complexity index is 543. The van der Waals surface area contributed by atoms with Gasteiger partial charge in [0.2, 0.25) is 0 Å². The highest BCUT2D eigenvalue weighted by molar-refractivity contribution is 6.31. The molecule has 17 heavy (non-hydrogen) atoms. The average Bonchev–Trinajstić information content (AvgIpc) is 2.73. The first-order chi connectivity index (χ1) is 8.15. The molecule has 1 N–H and O–H groups in total. The lowest BCUT2D eigenvalue weighted by Crippen LogP contribution is -2.30. The van der Waals surface area contributed by atoms with Crippen molar-refractivity contribution in [1.29, 1.82) is 0 Å². The lowest BCUT2D eigenvalue weighted by molar-refractivity contribution is 0.0768. The van der Waals surface area contributed by atoms with E-state index in [0.717, 1.165) is 10.9 Å². The summed E-state index contributed by atoms with van der Waals surface area (Å²) in [7, 11) is 0. The molecule has 0 aliphatic rings. The Balaban J connectivity index is 2.39. The number of rotatable bonds is 3. The first-order valence-electron chi connectivity index (χ1n) is 5.73. The molecule has 3 nitrogen and oxygen atoms in total. The van der Waals surface area contributed by atoms with Crippen LogP contribution in [0.2, 0.25) is 5.02 Å². The number of hydrogen-bond donors (Lipinski definition) is 1. The Morgan fingerprint density at radius 1 is 1.29 bits per heavy atom. The number of amides is 1. The molecule has 1 heterocycles.